The molecule has 31 heavy (non-hydrogen) atoms. The number of methoxy groups -OCH3 is 1. The van der Waals surface area contributed by atoms with Gasteiger partial charge in [0.05, 0.1) is 19.1 Å². The Morgan fingerprint density at radius 1 is 1.03 bits per heavy atom. The van der Waals surface area contributed by atoms with E-state index in [9.17, 15) is 13.2 Å². The lowest BCUT2D eigenvalue weighted by Crippen LogP contribution is -2.48. The Hall–Kier alpha value is -3.10. The van der Waals surface area contributed by atoms with Crippen LogP contribution in [0.2, 0.25) is 0 Å². The molecule has 3 rings (SSSR count). The zero-order valence-electron chi connectivity index (χ0n) is 17.7. The molecule has 0 aromatic heterocycles. The van der Waals surface area contributed by atoms with Crippen LogP contribution in [0.1, 0.15) is 5.56 Å². The number of hydrogen-bond donors (Lipinski definition) is 1. The standard InChI is InChI=1S/C23H27N3O4S/c1-30-22-13-12-20(18-21(22)25-14-16-26(17-15-25)31(2,28)29)24-23(27)11-7-6-10-19-8-4-3-5-9-19/h3-13,18H,14-17H2,1-2H3,(H,24,27)/b10-6+,11-7+. The summed E-state index contributed by atoms with van der Waals surface area (Å²) in [6, 6.07) is 15.3. The van der Waals surface area contributed by atoms with E-state index in [2.05, 4.69) is 10.2 Å². The van der Waals surface area contributed by atoms with E-state index in [-0.39, 0.29) is 5.91 Å². The average molecular weight is 442 g/mol. The fourth-order valence-corrected chi connectivity index (χ4v) is 4.16. The van der Waals surface area contributed by atoms with Crippen LogP contribution in [0.25, 0.3) is 6.08 Å². The second-order valence-corrected chi connectivity index (χ2v) is 9.14. The molecule has 1 heterocycles. The molecule has 0 spiro atoms. The molecule has 0 saturated carbocycles. The van der Waals surface area contributed by atoms with Crippen LogP contribution >= 0.6 is 0 Å². The molecule has 1 aliphatic rings. The highest BCUT2D eigenvalue weighted by molar-refractivity contribution is 7.88. The lowest BCUT2D eigenvalue weighted by molar-refractivity contribution is -0.111. The molecule has 0 aliphatic carbocycles. The first-order valence-corrected chi connectivity index (χ1v) is 11.8. The number of benzene rings is 2. The predicted octanol–water partition coefficient (Wildman–Crippen LogP) is 2.98. The lowest BCUT2D eigenvalue weighted by Gasteiger charge is -2.35. The van der Waals surface area contributed by atoms with E-state index < -0.39 is 10.0 Å². The zero-order chi connectivity index (χ0) is 22.3. The number of carbonyl (C=O) groups is 1. The molecule has 2 aromatic carbocycles. The number of allylic oxidation sites excluding steroid dienone is 2. The number of sulfonamides is 1. The summed E-state index contributed by atoms with van der Waals surface area (Å²) < 4.78 is 30.4. The van der Waals surface area contributed by atoms with Gasteiger partial charge in [-0.15, -0.1) is 0 Å². The Balaban J connectivity index is 1.64. The van der Waals surface area contributed by atoms with Crippen LogP contribution in [0.5, 0.6) is 5.75 Å². The van der Waals surface area contributed by atoms with E-state index in [1.165, 1.54) is 16.6 Å². The van der Waals surface area contributed by atoms with E-state index in [1.54, 1.807) is 25.3 Å². The Morgan fingerprint density at radius 2 is 1.74 bits per heavy atom. The van der Waals surface area contributed by atoms with Gasteiger partial charge in [0.1, 0.15) is 5.75 Å². The van der Waals surface area contributed by atoms with Gasteiger partial charge in [-0.2, -0.15) is 4.31 Å². The van der Waals surface area contributed by atoms with Gasteiger partial charge in [-0.1, -0.05) is 48.6 Å². The first-order chi connectivity index (χ1) is 14.9. The molecule has 2 aromatic rings. The van der Waals surface area contributed by atoms with E-state index in [0.29, 0.717) is 37.6 Å². The summed E-state index contributed by atoms with van der Waals surface area (Å²) in [6.45, 7) is 1.92. The van der Waals surface area contributed by atoms with Gasteiger partial charge in [-0.3, -0.25) is 4.79 Å². The van der Waals surface area contributed by atoms with Crippen molar-refractivity contribution in [1.82, 2.24) is 4.31 Å². The minimum atomic E-state index is -3.19. The Morgan fingerprint density at radius 3 is 2.39 bits per heavy atom. The number of ether oxygens (including phenoxy) is 1. The highest BCUT2D eigenvalue weighted by atomic mass is 32.2. The summed E-state index contributed by atoms with van der Waals surface area (Å²) >= 11 is 0. The van der Waals surface area contributed by atoms with Crippen LogP contribution in [0.15, 0.2) is 66.8 Å². The SMILES string of the molecule is COc1ccc(NC(=O)/C=C/C=C/c2ccccc2)cc1N1CCN(S(C)(=O)=O)CC1. The van der Waals surface area contributed by atoms with Crippen LogP contribution in [0.4, 0.5) is 11.4 Å². The number of anilines is 2. The molecule has 1 fully saturated rings. The van der Waals surface area contributed by atoms with Crippen molar-refractivity contribution in [3.05, 3.63) is 72.3 Å². The number of rotatable bonds is 7. The van der Waals surface area contributed by atoms with Crippen LogP contribution in [0.3, 0.4) is 0 Å². The minimum Gasteiger partial charge on any atom is -0.495 e. The summed E-state index contributed by atoms with van der Waals surface area (Å²) in [4.78, 5) is 14.3. The van der Waals surface area contributed by atoms with Gasteiger partial charge < -0.3 is 15.0 Å². The van der Waals surface area contributed by atoms with Crippen LogP contribution in [-0.4, -0.2) is 58.2 Å². The largest absolute Gasteiger partial charge is 0.495 e. The quantitative estimate of drug-likeness (QED) is 0.528. The second kappa shape index (κ2) is 10.3. The summed E-state index contributed by atoms with van der Waals surface area (Å²) in [5, 5.41) is 2.86. The van der Waals surface area contributed by atoms with Crippen molar-refractivity contribution in [2.75, 3.05) is 49.8 Å². The van der Waals surface area contributed by atoms with Gasteiger partial charge >= 0.3 is 0 Å². The fraction of sp³-hybridized carbons (Fsp3) is 0.261. The molecule has 1 N–H and O–H groups in total. The maximum atomic E-state index is 12.3. The Labute approximate surface area is 183 Å². The predicted molar refractivity (Wildman–Crippen MR) is 125 cm³/mol. The molecule has 1 aliphatic heterocycles. The molecular weight excluding hydrogens is 414 g/mol. The van der Waals surface area contributed by atoms with Gasteiger partial charge in [-0.25, -0.2) is 8.42 Å². The number of carbonyl (C=O) groups excluding carboxylic acids is 1. The summed E-state index contributed by atoms with van der Waals surface area (Å²) in [6.07, 6.45) is 8.12. The molecule has 0 unspecified atom stereocenters. The van der Waals surface area contributed by atoms with Crippen molar-refractivity contribution >= 4 is 33.4 Å². The van der Waals surface area contributed by atoms with Gasteiger partial charge in [0, 0.05) is 37.9 Å². The molecule has 7 nitrogen and oxygen atoms in total. The highest BCUT2D eigenvalue weighted by Crippen LogP contribution is 2.32. The number of nitrogens with zero attached hydrogens (tertiary/aromatic N) is 2. The molecule has 164 valence electrons. The third-order valence-electron chi connectivity index (χ3n) is 4.94. The average Bonchev–Trinajstić information content (AvgIpc) is 2.77. The van der Waals surface area contributed by atoms with Crippen molar-refractivity contribution in [3.63, 3.8) is 0 Å². The smallest absolute Gasteiger partial charge is 0.248 e. The van der Waals surface area contributed by atoms with Gasteiger partial charge in [0.15, 0.2) is 0 Å². The number of hydrogen-bond acceptors (Lipinski definition) is 5. The van der Waals surface area contributed by atoms with Gasteiger partial charge in [0.25, 0.3) is 0 Å². The normalized spacial score (nSPS) is 15.5. The topological polar surface area (TPSA) is 79.0 Å². The van der Waals surface area contributed by atoms with E-state index in [1.807, 2.05) is 48.6 Å². The first kappa shape index (κ1) is 22.6. The van der Waals surface area contributed by atoms with Crippen LogP contribution in [0, 0.1) is 0 Å². The molecule has 1 amide bonds. The monoisotopic (exact) mass is 441 g/mol. The maximum Gasteiger partial charge on any atom is 0.248 e. The third kappa shape index (κ3) is 6.44. The van der Waals surface area contributed by atoms with Crippen molar-refractivity contribution in [1.29, 1.82) is 0 Å². The minimum absolute atomic E-state index is 0.240. The Kier molecular flexibility index (Phi) is 7.49. The van der Waals surface area contributed by atoms with E-state index in [4.69, 9.17) is 4.74 Å². The number of piperazine rings is 1. The summed E-state index contributed by atoms with van der Waals surface area (Å²) in [5.41, 5.74) is 2.52. The Bertz CT molecular complexity index is 1060. The maximum absolute atomic E-state index is 12.3. The molecule has 1 saturated heterocycles. The van der Waals surface area contributed by atoms with Gasteiger partial charge in [0.2, 0.25) is 15.9 Å². The summed E-state index contributed by atoms with van der Waals surface area (Å²) in [7, 11) is -1.61. The molecular formula is C23H27N3O4S. The first-order valence-electron chi connectivity index (χ1n) is 9.96. The van der Waals surface area contributed by atoms with Crippen molar-refractivity contribution in [2.24, 2.45) is 0 Å². The van der Waals surface area contributed by atoms with Crippen LogP contribution < -0.4 is 15.0 Å². The summed E-state index contributed by atoms with van der Waals surface area (Å²) in [5.74, 6) is 0.433. The zero-order valence-corrected chi connectivity index (χ0v) is 18.5. The molecule has 0 atom stereocenters. The molecule has 0 radical (unpaired) electrons. The van der Waals surface area contributed by atoms with E-state index in [0.717, 1.165) is 11.3 Å². The number of nitrogens with one attached hydrogen (secondary N) is 1. The van der Waals surface area contributed by atoms with Crippen molar-refractivity contribution < 1.29 is 17.9 Å². The lowest BCUT2D eigenvalue weighted by atomic mass is 10.2. The van der Waals surface area contributed by atoms with Crippen molar-refractivity contribution in [2.45, 2.75) is 0 Å². The van der Waals surface area contributed by atoms with Crippen molar-refractivity contribution in [3.8, 4) is 5.75 Å². The highest BCUT2D eigenvalue weighted by Gasteiger charge is 2.25. The molecule has 8 heteroatoms. The van der Waals surface area contributed by atoms with Crippen LogP contribution in [-0.2, 0) is 14.8 Å². The fourth-order valence-electron chi connectivity index (χ4n) is 3.33. The second-order valence-electron chi connectivity index (χ2n) is 7.15. The third-order valence-corrected chi connectivity index (χ3v) is 6.24. The van der Waals surface area contributed by atoms with E-state index >= 15 is 0 Å². The number of amides is 1. The molecule has 0 bridgehead atoms. The van der Waals surface area contributed by atoms with Gasteiger partial charge in [-0.05, 0) is 23.8 Å².